The summed E-state index contributed by atoms with van der Waals surface area (Å²) >= 11 is 0. The number of aromatic nitrogens is 1. The number of aliphatic hydroxyl groups is 1. The van der Waals surface area contributed by atoms with Crippen molar-refractivity contribution in [1.82, 2.24) is 14.4 Å². The van der Waals surface area contributed by atoms with Crippen LogP contribution >= 0.6 is 0 Å². The minimum Gasteiger partial charge on any atom is -0.395 e. The van der Waals surface area contributed by atoms with Gasteiger partial charge in [-0.3, -0.25) is 9.80 Å². The van der Waals surface area contributed by atoms with Crippen LogP contribution in [-0.2, 0) is 13.1 Å². The monoisotopic (exact) mass is 349 g/mol. The fourth-order valence-corrected chi connectivity index (χ4v) is 3.86. The molecule has 0 unspecified atom stereocenters. The van der Waals surface area contributed by atoms with Crippen LogP contribution in [-0.4, -0.2) is 58.8 Å². The van der Waals surface area contributed by atoms with Crippen LogP contribution in [0.2, 0.25) is 0 Å². The smallest absolute Gasteiger partial charge is 0.0599 e. The molecule has 1 N–H and O–H groups in total. The van der Waals surface area contributed by atoms with Crippen LogP contribution in [0.4, 0.5) is 0 Å². The molecule has 4 heteroatoms. The van der Waals surface area contributed by atoms with Crippen molar-refractivity contribution in [1.29, 1.82) is 0 Å². The van der Waals surface area contributed by atoms with Crippen LogP contribution in [0.5, 0.6) is 0 Å². The highest BCUT2D eigenvalue weighted by Crippen LogP contribution is 2.21. The molecule has 0 aliphatic carbocycles. The Morgan fingerprint density at radius 3 is 2.62 bits per heavy atom. The third-order valence-electron chi connectivity index (χ3n) is 5.51. The average Bonchev–Trinajstić information content (AvgIpc) is 3.06. The first-order valence-electron chi connectivity index (χ1n) is 9.38. The van der Waals surface area contributed by atoms with Gasteiger partial charge in [0.1, 0.15) is 0 Å². The molecule has 0 spiro atoms. The third-order valence-corrected chi connectivity index (χ3v) is 5.51. The number of benzene rings is 2. The molecule has 2 heterocycles. The van der Waals surface area contributed by atoms with Crippen LogP contribution in [0.1, 0.15) is 11.1 Å². The number of rotatable bonds is 5. The van der Waals surface area contributed by atoms with E-state index in [0.29, 0.717) is 0 Å². The zero-order valence-corrected chi connectivity index (χ0v) is 15.4. The highest BCUT2D eigenvalue weighted by molar-refractivity contribution is 5.81. The normalized spacial score (nSPS) is 19.2. The topological polar surface area (TPSA) is 31.6 Å². The molecule has 1 aliphatic heterocycles. The highest BCUT2D eigenvalue weighted by atomic mass is 16.3. The molecule has 4 rings (SSSR count). The lowest BCUT2D eigenvalue weighted by Gasteiger charge is -2.38. The number of fused-ring (bicyclic) bond motifs is 1. The zero-order valence-electron chi connectivity index (χ0n) is 15.4. The summed E-state index contributed by atoms with van der Waals surface area (Å²) in [4.78, 5) is 4.71. The lowest BCUT2D eigenvalue weighted by Crippen LogP contribution is -2.52. The molecule has 2 aromatic carbocycles. The Balaban J connectivity index is 1.52. The quantitative estimate of drug-likeness (QED) is 0.769. The van der Waals surface area contributed by atoms with Gasteiger partial charge >= 0.3 is 0 Å². The molecular formula is C22H27N3O. The molecule has 0 bridgehead atoms. The van der Waals surface area contributed by atoms with Crippen molar-refractivity contribution in [2.45, 2.75) is 19.1 Å². The fourth-order valence-electron chi connectivity index (χ4n) is 3.86. The van der Waals surface area contributed by atoms with E-state index in [1.54, 1.807) is 0 Å². The Morgan fingerprint density at radius 1 is 0.962 bits per heavy atom. The van der Waals surface area contributed by atoms with Gasteiger partial charge in [-0.25, -0.2) is 0 Å². The standard InChI is InChI=1S/C22H27N3O/c1-23-11-12-24(16-21(23)17-26)14-19-7-8-20-9-10-25(22(20)13-19)15-18-5-3-2-4-6-18/h2-10,13,21,26H,11-12,14-17H2,1H3/t21-/m1/s1. The maximum absolute atomic E-state index is 9.56. The second kappa shape index (κ2) is 7.62. The summed E-state index contributed by atoms with van der Waals surface area (Å²) in [5.74, 6) is 0. The van der Waals surface area contributed by atoms with Crippen molar-refractivity contribution < 1.29 is 5.11 Å². The molecule has 0 amide bonds. The SMILES string of the molecule is CN1CCN(Cc2ccc3ccn(Cc4ccccc4)c3c2)C[C@@H]1CO. The number of hydrogen-bond donors (Lipinski definition) is 1. The summed E-state index contributed by atoms with van der Waals surface area (Å²) in [6.45, 7) is 5.06. The van der Waals surface area contributed by atoms with E-state index in [1.165, 1.54) is 22.0 Å². The van der Waals surface area contributed by atoms with Gasteiger partial charge in [0, 0.05) is 50.5 Å². The number of piperazine rings is 1. The second-order valence-electron chi connectivity index (χ2n) is 7.37. The van der Waals surface area contributed by atoms with Gasteiger partial charge in [0.15, 0.2) is 0 Å². The van der Waals surface area contributed by atoms with E-state index in [1.807, 2.05) is 0 Å². The van der Waals surface area contributed by atoms with Crippen LogP contribution in [0.15, 0.2) is 60.8 Å². The van der Waals surface area contributed by atoms with Crippen LogP contribution in [0, 0.1) is 0 Å². The summed E-state index contributed by atoms with van der Waals surface area (Å²) in [5.41, 5.74) is 3.95. The molecule has 1 saturated heterocycles. The van der Waals surface area contributed by atoms with Gasteiger partial charge in [0.25, 0.3) is 0 Å². The van der Waals surface area contributed by atoms with Crippen molar-refractivity contribution in [3.63, 3.8) is 0 Å². The van der Waals surface area contributed by atoms with Crippen LogP contribution in [0.3, 0.4) is 0 Å². The largest absolute Gasteiger partial charge is 0.395 e. The maximum atomic E-state index is 9.56. The summed E-state index contributed by atoms with van der Waals surface area (Å²) in [6, 6.07) is 19.8. The molecule has 1 atom stereocenters. The van der Waals surface area contributed by atoms with Crippen LogP contribution < -0.4 is 0 Å². The van der Waals surface area contributed by atoms with Crippen molar-refractivity contribution in [3.05, 3.63) is 71.9 Å². The van der Waals surface area contributed by atoms with E-state index >= 15 is 0 Å². The first kappa shape index (κ1) is 17.3. The van der Waals surface area contributed by atoms with Crippen LogP contribution in [0.25, 0.3) is 10.9 Å². The predicted molar refractivity (Wildman–Crippen MR) is 106 cm³/mol. The molecule has 1 fully saturated rings. The average molecular weight is 349 g/mol. The minimum atomic E-state index is 0.228. The molecule has 1 aromatic heterocycles. The summed E-state index contributed by atoms with van der Waals surface area (Å²) in [7, 11) is 2.10. The van der Waals surface area contributed by atoms with Gasteiger partial charge in [-0.2, -0.15) is 0 Å². The Morgan fingerprint density at radius 2 is 1.81 bits per heavy atom. The molecule has 0 saturated carbocycles. The van der Waals surface area contributed by atoms with Crippen molar-refractivity contribution in [2.75, 3.05) is 33.3 Å². The van der Waals surface area contributed by atoms with Crippen molar-refractivity contribution >= 4 is 10.9 Å². The first-order valence-corrected chi connectivity index (χ1v) is 9.38. The Kier molecular flexibility index (Phi) is 5.07. The first-order chi connectivity index (χ1) is 12.7. The molecule has 0 radical (unpaired) electrons. The summed E-state index contributed by atoms with van der Waals surface area (Å²) in [5, 5.41) is 10.9. The van der Waals surface area contributed by atoms with E-state index in [0.717, 1.165) is 32.7 Å². The van der Waals surface area contributed by atoms with Gasteiger partial charge < -0.3 is 9.67 Å². The van der Waals surface area contributed by atoms with E-state index in [-0.39, 0.29) is 12.6 Å². The summed E-state index contributed by atoms with van der Waals surface area (Å²) < 4.78 is 2.33. The highest BCUT2D eigenvalue weighted by Gasteiger charge is 2.23. The van der Waals surface area contributed by atoms with E-state index in [9.17, 15) is 5.11 Å². The van der Waals surface area contributed by atoms with Gasteiger partial charge in [0.05, 0.1) is 6.61 Å². The molecule has 26 heavy (non-hydrogen) atoms. The molecule has 1 aliphatic rings. The number of likely N-dealkylation sites (N-methyl/N-ethyl adjacent to an activating group) is 1. The fraction of sp³-hybridized carbons (Fsp3) is 0.364. The molecule has 3 aromatic rings. The second-order valence-corrected chi connectivity index (χ2v) is 7.37. The Labute approximate surface area is 155 Å². The van der Waals surface area contributed by atoms with Crippen molar-refractivity contribution in [2.24, 2.45) is 0 Å². The van der Waals surface area contributed by atoms with E-state index in [2.05, 4.69) is 82.2 Å². The van der Waals surface area contributed by atoms with Gasteiger partial charge in [-0.05, 0) is 35.7 Å². The number of aliphatic hydroxyl groups excluding tert-OH is 1. The van der Waals surface area contributed by atoms with E-state index in [4.69, 9.17) is 0 Å². The Hall–Kier alpha value is -2.14. The van der Waals surface area contributed by atoms with Gasteiger partial charge in [-0.15, -0.1) is 0 Å². The maximum Gasteiger partial charge on any atom is 0.0599 e. The number of hydrogen-bond acceptors (Lipinski definition) is 3. The van der Waals surface area contributed by atoms with Gasteiger partial charge in [-0.1, -0.05) is 42.5 Å². The molecule has 136 valence electrons. The molecule has 4 nitrogen and oxygen atoms in total. The molecular weight excluding hydrogens is 322 g/mol. The van der Waals surface area contributed by atoms with E-state index < -0.39 is 0 Å². The third kappa shape index (κ3) is 3.68. The lowest BCUT2D eigenvalue weighted by molar-refractivity contribution is 0.0540. The summed E-state index contributed by atoms with van der Waals surface area (Å²) in [6.07, 6.45) is 2.18. The minimum absolute atomic E-state index is 0.228. The number of nitrogens with zero attached hydrogens (tertiary/aromatic N) is 3. The zero-order chi connectivity index (χ0) is 17.9. The predicted octanol–water partition coefficient (Wildman–Crippen LogP) is 2.80. The Bertz CT molecular complexity index is 858. The van der Waals surface area contributed by atoms with Crippen molar-refractivity contribution in [3.8, 4) is 0 Å². The van der Waals surface area contributed by atoms with Gasteiger partial charge in [0.2, 0.25) is 0 Å². The lowest BCUT2D eigenvalue weighted by atomic mass is 10.1.